The van der Waals surface area contributed by atoms with Gasteiger partial charge in [-0.05, 0) is 36.3 Å². The van der Waals surface area contributed by atoms with Gasteiger partial charge in [0.15, 0.2) is 0 Å². The van der Waals surface area contributed by atoms with E-state index in [1.54, 1.807) is 0 Å². The van der Waals surface area contributed by atoms with Crippen LogP contribution in [0.2, 0.25) is 0 Å². The van der Waals surface area contributed by atoms with Gasteiger partial charge in [-0.2, -0.15) is 0 Å². The van der Waals surface area contributed by atoms with E-state index in [-0.39, 0.29) is 0 Å². The van der Waals surface area contributed by atoms with Gasteiger partial charge in [0.05, 0.1) is 0 Å². The fourth-order valence-corrected chi connectivity index (χ4v) is 1.65. The SMILES string of the molecule is CCCCc1ccccc1[CH]C(C)C. The molecule has 1 rings (SSSR count). The minimum absolute atomic E-state index is 0.637. The van der Waals surface area contributed by atoms with Crippen LogP contribution in [0.15, 0.2) is 24.3 Å². The van der Waals surface area contributed by atoms with Gasteiger partial charge in [0.1, 0.15) is 0 Å². The molecule has 1 aromatic rings. The number of unbranched alkanes of at least 4 members (excludes halogenated alkanes) is 1. The molecule has 1 aromatic carbocycles. The summed E-state index contributed by atoms with van der Waals surface area (Å²) in [5.41, 5.74) is 2.93. The summed E-state index contributed by atoms with van der Waals surface area (Å²) >= 11 is 0. The third kappa shape index (κ3) is 3.53. The Morgan fingerprint density at radius 1 is 1.21 bits per heavy atom. The molecule has 0 heteroatoms. The summed E-state index contributed by atoms with van der Waals surface area (Å²) in [6.45, 7) is 6.71. The molecule has 1 radical (unpaired) electrons. The van der Waals surface area contributed by atoms with Gasteiger partial charge < -0.3 is 0 Å². The van der Waals surface area contributed by atoms with Crippen LogP contribution >= 0.6 is 0 Å². The first-order chi connectivity index (χ1) is 6.74. The molecule has 0 aliphatic carbocycles. The Hall–Kier alpha value is -0.780. The fourth-order valence-electron chi connectivity index (χ4n) is 1.65. The molecule has 0 spiro atoms. The Morgan fingerprint density at radius 2 is 1.93 bits per heavy atom. The predicted molar refractivity (Wildman–Crippen MR) is 63.3 cm³/mol. The third-order valence-corrected chi connectivity index (χ3v) is 2.37. The van der Waals surface area contributed by atoms with E-state index in [0.717, 1.165) is 0 Å². The van der Waals surface area contributed by atoms with Gasteiger partial charge in [-0.3, -0.25) is 0 Å². The van der Waals surface area contributed by atoms with Crippen LogP contribution in [-0.4, -0.2) is 0 Å². The van der Waals surface area contributed by atoms with E-state index in [2.05, 4.69) is 51.5 Å². The van der Waals surface area contributed by atoms with Gasteiger partial charge >= 0.3 is 0 Å². The molecule has 0 unspecified atom stereocenters. The van der Waals surface area contributed by atoms with Crippen LogP contribution in [0.5, 0.6) is 0 Å². The second-order valence-electron chi connectivity index (χ2n) is 4.21. The quantitative estimate of drug-likeness (QED) is 0.650. The van der Waals surface area contributed by atoms with Crippen LogP contribution < -0.4 is 0 Å². The molecule has 0 aromatic heterocycles. The van der Waals surface area contributed by atoms with Crippen molar-refractivity contribution in [3.8, 4) is 0 Å². The van der Waals surface area contributed by atoms with Crippen LogP contribution in [0.4, 0.5) is 0 Å². The summed E-state index contributed by atoms with van der Waals surface area (Å²) in [7, 11) is 0. The summed E-state index contributed by atoms with van der Waals surface area (Å²) < 4.78 is 0. The Labute approximate surface area is 88.4 Å². The molecular weight excluding hydrogens is 168 g/mol. The first-order valence-electron chi connectivity index (χ1n) is 5.66. The maximum Gasteiger partial charge on any atom is -0.00647 e. The molecule has 0 aliphatic heterocycles. The molecule has 0 fully saturated rings. The Balaban J connectivity index is 2.69. The van der Waals surface area contributed by atoms with Crippen LogP contribution in [0.1, 0.15) is 44.7 Å². The van der Waals surface area contributed by atoms with E-state index in [1.165, 1.54) is 30.4 Å². The molecule has 0 saturated heterocycles. The van der Waals surface area contributed by atoms with Crippen LogP contribution in [0.25, 0.3) is 0 Å². The summed E-state index contributed by atoms with van der Waals surface area (Å²) in [6.07, 6.45) is 6.14. The zero-order valence-electron chi connectivity index (χ0n) is 9.59. The normalized spacial score (nSPS) is 10.9. The lowest BCUT2D eigenvalue weighted by Crippen LogP contribution is -1.96. The van der Waals surface area contributed by atoms with Gasteiger partial charge in [0, 0.05) is 0 Å². The van der Waals surface area contributed by atoms with Crippen molar-refractivity contribution in [2.45, 2.75) is 40.0 Å². The first-order valence-corrected chi connectivity index (χ1v) is 5.66. The average Bonchev–Trinajstić information content (AvgIpc) is 2.16. The highest BCUT2D eigenvalue weighted by Crippen LogP contribution is 2.17. The van der Waals surface area contributed by atoms with Crippen molar-refractivity contribution < 1.29 is 0 Å². The van der Waals surface area contributed by atoms with Crippen molar-refractivity contribution in [3.63, 3.8) is 0 Å². The number of hydrogen-bond acceptors (Lipinski definition) is 0. The summed E-state index contributed by atoms with van der Waals surface area (Å²) in [6, 6.07) is 8.75. The Morgan fingerprint density at radius 3 is 2.57 bits per heavy atom. The molecular formula is C14H21. The van der Waals surface area contributed by atoms with Crippen molar-refractivity contribution in [2.75, 3.05) is 0 Å². The van der Waals surface area contributed by atoms with Gasteiger partial charge in [-0.25, -0.2) is 0 Å². The minimum Gasteiger partial charge on any atom is -0.0654 e. The van der Waals surface area contributed by atoms with Crippen LogP contribution in [0.3, 0.4) is 0 Å². The second kappa shape index (κ2) is 5.85. The van der Waals surface area contributed by atoms with E-state index in [9.17, 15) is 0 Å². The molecule has 0 atom stereocenters. The average molecular weight is 189 g/mol. The van der Waals surface area contributed by atoms with Gasteiger partial charge in [-0.15, -0.1) is 0 Å². The molecule has 0 nitrogen and oxygen atoms in total. The van der Waals surface area contributed by atoms with Gasteiger partial charge in [-0.1, -0.05) is 51.5 Å². The number of hydrogen-bond donors (Lipinski definition) is 0. The number of rotatable bonds is 5. The lowest BCUT2D eigenvalue weighted by atomic mass is 9.95. The standard InChI is InChI=1S/C14H21/c1-4-5-8-13-9-6-7-10-14(13)11-12(2)3/h6-7,9-12H,4-5,8H2,1-3H3. The number of benzene rings is 1. The van der Waals surface area contributed by atoms with E-state index in [1.807, 2.05) is 0 Å². The summed E-state index contributed by atoms with van der Waals surface area (Å²) in [4.78, 5) is 0. The lowest BCUT2D eigenvalue weighted by Gasteiger charge is -2.10. The van der Waals surface area contributed by atoms with Crippen molar-refractivity contribution >= 4 is 0 Å². The molecule has 0 N–H and O–H groups in total. The minimum atomic E-state index is 0.637. The van der Waals surface area contributed by atoms with Crippen molar-refractivity contribution in [2.24, 2.45) is 5.92 Å². The molecule has 0 aliphatic rings. The highest BCUT2D eigenvalue weighted by atomic mass is 14.1. The van der Waals surface area contributed by atoms with E-state index in [0.29, 0.717) is 5.92 Å². The predicted octanol–water partition coefficient (Wildman–Crippen LogP) is 4.24. The van der Waals surface area contributed by atoms with Crippen molar-refractivity contribution in [3.05, 3.63) is 41.8 Å². The number of aryl methyl sites for hydroxylation is 1. The van der Waals surface area contributed by atoms with E-state index < -0.39 is 0 Å². The molecule has 0 heterocycles. The zero-order valence-corrected chi connectivity index (χ0v) is 9.59. The van der Waals surface area contributed by atoms with Gasteiger partial charge in [0.25, 0.3) is 0 Å². The van der Waals surface area contributed by atoms with Crippen molar-refractivity contribution in [1.82, 2.24) is 0 Å². The maximum absolute atomic E-state index is 2.35. The monoisotopic (exact) mass is 189 g/mol. The summed E-state index contributed by atoms with van der Waals surface area (Å²) in [5, 5.41) is 0. The Bertz CT molecular complexity index is 260. The molecule has 0 saturated carbocycles. The largest absolute Gasteiger partial charge is 0.0654 e. The van der Waals surface area contributed by atoms with E-state index in [4.69, 9.17) is 0 Å². The second-order valence-corrected chi connectivity index (χ2v) is 4.21. The lowest BCUT2D eigenvalue weighted by molar-refractivity contribution is 0.757. The maximum atomic E-state index is 2.35. The molecule has 0 amide bonds. The van der Waals surface area contributed by atoms with Crippen LogP contribution in [0, 0.1) is 12.3 Å². The fraction of sp³-hybridized carbons (Fsp3) is 0.500. The highest BCUT2D eigenvalue weighted by Gasteiger charge is 2.03. The van der Waals surface area contributed by atoms with Crippen LogP contribution in [-0.2, 0) is 6.42 Å². The smallest absolute Gasteiger partial charge is 0.00647 e. The zero-order chi connectivity index (χ0) is 10.4. The summed E-state index contributed by atoms with van der Waals surface area (Å²) in [5.74, 6) is 0.637. The topological polar surface area (TPSA) is 0 Å². The molecule has 0 bridgehead atoms. The molecule has 77 valence electrons. The Kier molecular flexibility index (Phi) is 4.72. The van der Waals surface area contributed by atoms with Crippen molar-refractivity contribution in [1.29, 1.82) is 0 Å². The molecule has 14 heavy (non-hydrogen) atoms. The highest BCUT2D eigenvalue weighted by molar-refractivity contribution is 5.33. The van der Waals surface area contributed by atoms with Gasteiger partial charge in [0.2, 0.25) is 0 Å². The van der Waals surface area contributed by atoms with E-state index >= 15 is 0 Å². The third-order valence-electron chi connectivity index (χ3n) is 2.37. The first kappa shape index (κ1) is 11.3.